The first kappa shape index (κ1) is 12.6. The number of benzene rings is 1. The number of carbonyl (C=O) groups is 1. The van der Waals surface area contributed by atoms with Crippen LogP contribution in [-0.4, -0.2) is 20.9 Å². The first-order valence-corrected chi connectivity index (χ1v) is 5.94. The summed E-state index contributed by atoms with van der Waals surface area (Å²) in [5.74, 6) is -0.815. The van der Waals surface area contributed by atoms with Crippen LogP contribution in [0.3, 0.4) is 0 Å². The lowest BCUT2D eigenvalue weighted by Gasteiger charge is -2.01. The van der Waals surface area contributed by atoms with Crippen molar-refractivity contribution in [1.82, 2.24) is 9.78 Å². The van der Waals surface area contributed by atoms with Crippen molar-refractivity contribution < 1.29 is 9.90 Å². The number of nitrogens with zero attached hydrogens (tertiary/aromatic N) is 2. The second-order valence-electron chi connectivity index (χ2n) is 4.05. The van der Waals surface area contributed by atoms with E-state index in [-0.39, 0.29) is 6.42 Å². The van der Waals surface area contributed by atoms with Crippen LogP contribution in [0.15, 0.2) is 30.3 Å². The van der Waals surface area contributed by atoms with Crippen molar-refractivity contribution in [2.75, 3.05) is 0 Å². The largest absolute Gasteiger partial charge is 0.481 e. The molecule has 0 atom stereocenters. The van der Waals surface area contributed by atoms with Crippen LogP contribution in [-0.2, 0) is 18.3 Å². The van der Waals surface area contributed by atoms with Gasteiger partial charge in [-0.3, -0.25) is 9.48 Å². The number of hydrogen-bond donors (Lipinski definition) is 1. The van der Waals surface area contributed by atoms with Crippen molar-refractivity contribution in [2.45, 2.75) is 12.8 Å². The molecule has 0 spiro atoms. The van der Waals surface area contributed by atoms with Gasteiger partial charge in [-0.2, -0.15) is 5.10 Å². The molecule has 0 unspecified atom stereocenters. The normalized spacial score (nSPS) is 10.6. The average molecular weight is 265 g/mol. The number of halogens is 1. The SMILES string of the molecule is Cn1nc(CCC(=O)O)cc1-c1cccc(Cl)c1. The molecule has 0 aliphatic heterocycles. The topological polar surface area (TPSA) is 55.1 Å². The molecule has 1 aromatic heterocycles. The smallest absolute Gasteiger partial charge is 0.303 e. The molecule has 0 aliphatic carbocycles. The molecule has 4 nitrogen and oxygen atoms in total. The van der Waals surface area contributed by atoms with Crippen molar-refractivity contribution in [3.8, 4) is 11.3 Å². The Morgan fingerprint density at radius 3 is 2.89 bits per heavy atom. The van der Waals surface area contributed by atoms with Crippen molar-refractivity contribution in [2.24, 2.45) is 7.05 Å². The molecule has 94 valence electrons. The summed E-state index contributed by atoms with van der Waals surface area (Å²) in [5, 5.41) is 13.6. The van der Waals surface area contributed by atoms with Gasteiger partial charge in [0.2, 0.25) is 0 Å². The summed E-state index contributed by atoms with van der Waals surface area (Å²) in [7, 11) is 1.83. The predicted molar refractivity (Wildman–Crippen MR) is 69.6 cm³/mol. The molecule has 2 rings (SSSR count). The van der Waals surface area contributed by atoms with E-state index in [1.807, 2.05) is 37.4 Å². The van der Waals surface area contributed by atoms with Crippen LogP contribution in [0.5, 0.6) is 0 Å². The van der Waals surface area contributed by atoms with Crippen molar-refractivity contribution in [3.63, 3.8) is 0 Å². The zero-order chi connectivity index (χ0) is 13.1. The zero-order valence-corrected chi connectivity index (χ0v) is 10.7. The summed E-state index contributed by atoms with van der Waals surface area (Å²) in [5.41, 5.74) is 2.67. The van der Waals surface area contributed by atoms with Gasteiger partial charge >= 0.3 is 5.97 Å². The van der Waals surface area contributed by atoms with Gasteiger partial charge in [0.1, 0.15) is 0 Å². The highest BCUT2D eigenvalue weighted by Gasteiger charge is 2.09. The lowest BCUT2D eigenvalue weighted by atomic mass is 10.1. The molecule has 0 saturated carbocycles. The van der Waals surface area contributed by atoms with Crippen LogP contribution in [0.2, 0.25) is 5.02 Å². The highest BCUT2D eigenvalue weighted by Crippen LogP contribution is 2.23. The van der Waals surface area contributed by atoms with Gasteiger partial charge in [-0.25, -0.2) is 0 Å². The molecule has 0 saturated heterocycles. The average Bonchev–Trinajstić information content (AvgIpc) is 2.68. The van der Waals surface area contributed by atoms with E-state index in [2.05, 4.69) is 5.10 Å². The molecule has 0 radical (unpaired) electrons. The zero-order valence-electron chi connectivity index (χ0n) is 9.93. The molecule has 0 aliphatic rings. The second kappa shape index (κ2) is 5.23. The Morgan fingerprint density at radius 2 is 2.22 bits per heavy atom. The van der Waals surface area contributed by atoms with E-state index in [1.54, 1.807) is 4.68 Å². The molecule has 0 bridgehead atoms. The van der Waals surface area contributed by atoms with Gasteiger partial charge in [0.15, 0.2) is 0 Å². The maximum atomic E-state index is 10.5. The first-order chi connectivity index (χ1) is 8.56. The van der Waals surface area contributed by atoms with Crippen molar-refractivity contribution in [1.29, 1.82) is 0 Å². The molecule has 0 fully saturated rings. The van der Waals surface area contributed by atoms with E-state index in [9.17, 15) is 4.79 Å². The summed E-state index contributed by atoms with van der Waals surface area (Å²) in [6, 6.07) is 9.40. The van der Waals surface area contributed by atoms with E-state index in [4.69, 9.17) is 16.7 Å². The van der Waals surface area contributed by atoms with Crippen molar-refractivity contribution in [3.05, 3.63) is 41.0 Å². The fraction of sp³-hybridized carbons (Fsp3) is 0.231. The number of rotatable bonds is 4. The van der Waals surface area contributed by atoms with E-state index in [0.29, 0.717) is 11.4 Å². The van der Waals surface area contributed by atoms with Crippen LogP contribution in [0.1, 0.15) is 12.1 Å². The summed E-state index contributed by atoms with van der Waals surface area (Å²) >= 11 is 5.95. The van der Waals surface area contributed by atoms with Crippen LogP contribution in [0.25, 0.3) is 11.3 Å². The van der Waals surface area contributed by atoms with Crippen LogP contribution >= 0.6 is 11.6 Å². The fourth-order valence-electron chi connectivity index (χ4n) is 1.80. The Bertz CT molecular complexity index is 578. The van der Waals surface area contributed by atoms with E-state index in [1.165, 1.54) is 0 Å². The third-order valence-electron chi connectivity index (χ3n) is 2.65. The van der Waals surface area contributed by atoms with Crippen molar-refractivity contribution >= 4 is 17.6 Å². The molecule has 2 aromatic rings. The number of aliphatic carboxylic acids is 1. The Morgan fingerprint density at radius 1 is 1.44 bits per heavy atom. The minimum absolute atomic E-state index is 0.0893. The van der Waals surface area contributed by atoms with Gasteiger partial charge in [-0.15, -0.1) is 0 Å². The predicted octanol–water partition coefficient (Wildman–Crippen LogP) is 2.76. The number of hydrogen-bond acceptors (Lipinski definition) is 2. The quantitative estimate of drug-likeness (QED) is 0.924. The maximum Gasteiger partial charge on any atom is 0.303 e. The van der Waals surface area contributed by atoms with Crippen LogP contribution in [0, 0.1) is 0 Å². The minimum atomic E-state index is -0.815. The monoisotopic (exact) mass is 264 g/mol. The molecular formula is C13H13ClN2O2. The van der Waals surface area contributed by atoms with Gasteiger partial charge in [-0.1, -0.05) is 23.7 Å². The van der Waals surface area contributed by atoms with Gasteiger partial charge in [0, 0.05) is 24.1 Å². The Balaban J connectivity index is 2.26. The minimum Gasteiger partial charge on any atom is -0.481 e. The first-order valence-electron chi connectivity index (χ1n) is 5.57. The molecule has 1 N–H and O–H groups in total. The molecular weight excluding hydrogens is 252 g/mol. The lowest BCUT2D eigenvalue weighted by molar-refractivity contribution is -0.136. The Labute approximate surface area is 110 Å². The highest BCUT2D eigenvalue weighted by atomic mass is 35.5. The standard InChI is InChI=1S/C13H13ClN2O2/c1-16-12(9-3-2-4-10(14)7-9)8-11(15-16)5-6-13(17)18/h2-4,7-8H,5-6H2,1H3,(H,17,18). The second-order valence-corrected chi connectivity index (χ2v) is 4.49. The van der Waals surface area contributed by atoms with Crippen LogP contribution < -0.4 is 0 Å². The summed E-state index contributed by atoms with van der Waals surface area (Å²) < 4.78 is 1.74. The summed E-state index contributed by atoms with van der Waals surface area (Å²) in [4.78, 5) is 10.5. The lowest BCUT2D eigenvalue weighted by Crippen LogP contribution is -1.99. The van der Waals surface area contributed by atoms with Gasteiger partial charge in [0.25, 0.3) is 0 Å². The molecule has 5 heteroatoms. The summed E-state index contributed by atoms with van der Waals surface area (Å²) in [6.45, 7) is 0. The van der Waals surface area contributed by atoms with Gasteiger partial charge in [0.05, 0.1) is 17.8 Å². The number of aryl methyl sites for hydroxylation is 2. The van der Waals surface area contributed by atoms with Gasteiger partial charge in [-0.05, 0) is 18.2 Å². The third kappa shape index (κ3) is 2.90. The number of carboxylic acid groups (broad SMARTS) is 1. The van der Waals surface area contributed by atoms with E-state index < -0.39 is 5.97 Å². The summed E-state index contributed by atoms with van der Waals surface area (Å²) in [6.07, 6.45) is 0.524. The van der Waals surface area contributed by atoms with E-state index >= 15 is 0 Å². The maximum absolute atomic E-state index is 10.5. The Kier molecular flexibility index (Phi) is 3.67. The fourth-order valence-corrected chi connectivity index (χ4v) is 1.99. The van der Waals surface area contributed by atoms with Gasteiger partial charge < -0.3 is 5.11 Å². The number of carboxylic acids is 1. The number of aromatic nitrogens is 2. The molecule has 1 heterocycles. The highest BCUT2D eigenvalue weighted by molar-refractivity contribution is 6.30. The molecule has 18 heavy (non-hydrogen) atoms. The van der Waals surface area contributed by atoms with Crippen LogP contribution in [0.4, 0.5) is 0 Å². The molecule has 1 aromatic carbocycles. The molecule has 0 amide bonds. The third-order valence-corrected chi connectivity index (χ3v) is 2.88. The Hall–Kier alpha value is -1.81. The van der Waals surface area contributed by atoms with E-state index in [0.717, 1.165) is 17.0 Å².